The largest absolute Gasteiger partial charge is 0.385 e. The highest BCUT2D eigenvalue weighted by atomic mass is 16.5. The van der Waals surface area contributed by atoms with Crippen molar-refractivity contribution in [3.05, 3.63) is 47.7 Å². The Morgan fingerprint density at radius 2 is 2.17 bits per heavy atom. The quantitative estimate of drug-likeness (QED) is 0.554. The highest BCUT2D eigenvalue weighted by Gasteiger charge is 2.16. The third-order valence-corrected chi connectivity index (χ3v) is 5.16. The Hall–Kier alpha value is -2.81. The van der Waals surface area contributed by atoms with Gasteiger partial charge in [0.2, 0.25) is 0 Å². The van der Waals surface area contributed by atoms with Gasteiger partial charge in [-0.3, -0.25) is 9.69 Å². The lowest BCUT2D eigenvalue weighted by Crippen LogP contribution is -2.35. The summed E-state index contributed by atoms with van der Waals surface area (Å²) in [7, 11) is 1.65. The van der Waals surface area contributed by atoms with Gasteiger partial charge in [0.1, 0.15) is 5.82 Å². The van der Waals surface area contributed by atoms with Gasteiger partial charge in [-0.1, -0.05) is 18.2 Å². The van der Waals surface area contributed by atoms with E-state index in [1.54, 1.807) is 19.4 Å². The summed E-state index contributed by atoms with van der Waals surface area (Å²) in [6.07, 6.45) is 2.38. The molecular formula is C22H27N5O3. The van der Waals surface area contributed by atoms with Gasteiger partial charge in [-0.05, 0) is 24.1 Å². The van der Waals surface area contributed by atoms with Crippen LogP contribution in [0.25, 0.3) is 22.6 Å². The molecule has 1 aliphatic rings. The van der Waals surface area contributed by atoms with Crippen LogP contribution in [-0.4, -0.2) is 72.3 Å². The van der Waals surface area contributed by atoms with E-state index in [-0.39, 0.29) is 5.91 Å². The van der Waals surface area contributed by atoms with E-state index in [1.165, 1.54) is 5.56 Å². The number of ether oxygens (including phenoxy) is 2. The number of fused-ring (bicyclic) bond motifs is 1. The molecule has 0 saturated carbocycles. The molecular weight excluding hydrogens is 382 g/mol. The van der Waals surface area contributed by atoms with E-state index in [4.69, 9.17) is 9.47 Å². The standard InChI is InChI=1S/C22H27N5O3/c1-29-11-3-7-24-22(28)18-6-8-23-21-19(18)25-20(26-21)17-5-2-4-16(14-17)15-27-9-12-30-13-10-27/h2,4-6,8,14H,3,7,9-13,15H2,1H3,(H,24,28)(H,23,25,26). The number of aromatic nitrogens is 3. The summed E-state index contributed by atoms with van der Waals surface area (Å²) in [5.41, 5.74) is 3.92. The van der Waals surface area contributed by atoms with Crippen molar-refractivity contribution in [3.8, 4) is 11.4 Å². The number of methoxy groups -OCH3 is 1. The van der Waals surface area contributed by atoms with Crippen LogP contribution in [0.3, 0.4) is 0 Å². The number of pyridine rings is 1. The second kappa shape index (κ2) is 9.80. The van der Waals surface area contributed by atoms with Crippen molar-refractivity contribution in [1.82, 2.24) is 25.2 Å². The van der Waals surface area contributed by atoms with Gasteiger partial charge in [0, 0.05) is 51.7 Å². The zero-order valence-electron chi connectivity index (χ0n) is 17.2. The molecule has 2 aromatic heterocycles. The summed E-state index contributed by atoms with van der Waals surface area (Å²) in [5.74, 6) is 0.565. The Bertz CT molecular complexity index is 997. The smallest absolute Gasteiger partial charge is 0.253 e. The third kappa shape index (κ3) is 4.84. The average Bonchev–Trinajstić information content (AvgIpc) is 3.22. The Morgan fingerprint density at radius 1 is 1.30 bits per heavy atom. The molecule has 0 unspecified atom stereocenters. The summed E-state index contributed by atoms with van der Waals surface area (Å²) in [5, 5.41) is 2.92. The molecule has 0 bridgehead atoms. The molecule has 3 aromatic rings. The Balaban J connectivity index is 1.53. The van der Waals surface area contributed by atoms with E-state index < -0.39 is 0 Å². The number of nitrogens with zero attached hydrogens (tertiary/aromatic N) is 3. The van der Waals surface area contributed by atoms with Gasteiger partial charge in [-0.25, -0.2) is 9.97 Å². The number of aromatic amines is 1. The zero-order chi connectivity index (χ0) is 20.8. The van der Waals surface area contributed by atoms with Crippen molar-refractivity contribution in [1.29, 1.82) is 0 Å². The van der Waals surface area contributed by atoms with E-state index in [2.05, 4.69) is 37.3 Å². The zero-order valence-corrected chi connectivity index (χ0v) is 17.2. The van der Waals surface area contributed by atoms with E-state index in [0.717, 1.165) is 44.8 Å². The lowest BCUT2D eigenvalue weighted by molar-refractivity contribution is 0.0342. The average molecular weight is 409 g/mol. The highest BCUT2D eigenvalue weighted by molar-refractivity contribution is 6.04. The van der Waals surface area contributed by atoms with Gasteiger partial charge in [0.15, 0.2) is 5.65 Å². The van der Waals surface area contributed by atoms with Crippen molar-refractivity contribution in [2.45, 2.75) is 13.0 Å². The van der Waals surface area contributed by atoms with Crippen molar-refractivity contribution in [2.24, 2.45) is 0 Å². The number of morpholine rings is 1. The predicted molar refractivity (Wildman–Crippen MR) is 114 cm³/mol. The van der Waals surface area contributed by atoms with E-state index in [0.29, 0.717) is 35.7 Å². The van der Waals surface area contributed by atoms with Crippen molar-refractivity contribution in [3.63, 3.8) is 0 Å². The van der Waals surface area contributed by atoms with Crippen LogP contribution in [-0.2, 0) is 16.0 Å². The first-order valence-corrected chi connectivity index (χ1v) is 10.3. The predicted octanol–water partition coefficient (Wildman–Crippen LogP) is 2.22. The van der Waals surface area contributed by atoms with Crippen LogP contribution in [0.1, 0.15) is 22.3 Å². The Labute approximate surface area is 175 Å². The van der Waals surface area contributed by atoms with Crippen LogP contribution in [0.15, 0.2) is 36.5 Å². The number of hydrogen-bond acceptors (Lipinski definition) is 6. The first kappa shape index (κ1) is 20.5. The first-order chi connectivity index (χ1) is 14.7. The number of rotatable bonds is 8. The fourth-order valence-electron chi connectivity index (χ4n) is 3.59. The molecule has 0 spiro atoms. The van der Waals surface area contributed by atoms with Gasteiger partial charge in [0.05, 0.1) is 24.3 Å². The molecule has 1 saturated heterocycles. The van der Waals surface area contributed by atoms with Gasteiger partial charge >= 0.3 is 0 Å². The second-order valence-corrected chi connectivity index (χ2v) is 7.33. The van der Waals surface area contributed by atoms with Gasteiger partial charge < -0.3 is 19.8 Å². The molecule has 8 nitrogen and oxygen atoms in total. The van der Waals surface area contributed by atoms with Gasteiger partial charge in [0.25, 0.3) is 5.91 Å². The summed E-state index contributed by atoms with van der Waals surface area (Å²) < 4.78 is 10.5. The molecule has 0 atom stereocenters. The minimum atomic E-state index is -0.144. The van der Waals surface area contributed by atoms with Crippen LogP contribution in [0.2, 0.25) is 0 Å². The maximum absolute atomic E-state index is 12.6. The molecule has 8 heteroatoms. The Morgan fingerprint density at radius 3 is 3.00 bits per heavy atom. The lowest BCUT2D eigenvalue weighted by atomic mass is 10.1. The van der Waals surface area contributed by atoms with Gasteiger partial charge in [-0.2, -0.15) is 0 Å². The van der Waals surface area contributed by atoms with Crippen LogP contribution in [0.5, 0.6) is 0 Å². The summed E-state index contributed by atoms with van der Waals surface area (Å²) in [6.45, 7) is 5.51. The second-order valence-electron chi connectivity index (χ2n) is 7.33. The lowest BCUT2D eigenvalue weighted by Gasteiger charge is -2.26. The molecule has 1 aromatic carbocycles. The maximum Gasteiger partial charge on any atom is 0.253 e. The number of nitrogens with one attached hydrogen (secondary N) is 2. The van der Waals surface area contributed by atoms with Crippen LogP contribution >= 0.6 is 0 Å². The molecule has 30 heavy (non-hydrogen) atoms. The molecule has 1 aliphatic heterocycles. The fraction of sp³-hybridized carbons (Fsp3) is 0.409. The molecule has 2 N–H and O–H groups in total. The molecule has 158 valence electrons. The third-order valence-electron chi connectivity index (χ3n) is 5.16. The highest BCUT2D eigenvalue weighted by Crippen LogP contribution is 2.23. The first-order valence-electron chi connectivity index (χ1n) is 10.3. The molecule has 0 radical (unpaired) electrons. The van der Waals surface area contributed by atoms with E-state index in [1.807, 2.05) is 12.1 Å². The molecule has 1 amide bonds. The van der Waals surface area contributed by atoms with E-state index in [9.17, 15) is 4.79 Å². The SMILES string of the molecule is COCCCNC(=O)c1ccnc2nc(-c3cccc(CN4CCOCC4)c3)[nH]c12. The monoisotopic (exact) mass is 409 g/mol. The number of amides is 1. The number of H-pyrrole nitrogens is 1. The molecule has 4 rings (SSSR count). The van der Waals surface area contributed by atoms with Crippen LogP contribution in [0, 0.1) is 0 Å². The molecule has 3 heterocycles. The summed E-state index contributed by atoms with van der Waals surface area (Å²) in [4.78, 5) is 27.2. The van der Waals surface area contributed by atoms with Crippen LogP contribution < -0.4 is 5.32 Å². The van der Waals surface area contributed by atoms with Crippen LogP contribution in [0.4, 0.5) is 0 Å². The number of carbonyl (C=O) groups excluding carboxylic acids is 1. The molecule has 1 fully saturated rings. The minimum absolute atomic E-state index is 0.144. The van der Waals surface area contributed by atoms with Crippen molar-refractivity contribution in [2.75, 3.05) is 46.6 Å². The number of benzene rings is 1. The van der Waals surface area contributed by atoms with E-state index >= 15 is 0 Å². The molecule has 0 aliphatic carbocycles. The maximum atomic E-state index is 12.6. The van der Waals surface area contributed by atoms with Gasteiger partial charge in [-0.15, -0.1) is 0 Å². The summed E-state index contributed by atoms with van der Waals surface area (Å²) in [6, 6.07) is 10.0. The van der Waals surface area contributed by atoms with Crippen molar-refractivity contribution >= 4 is 17.1 Å². The minimum Gasteiger partial charge on any atom is -0.385 e. The number of hydrogen-bond donors (Lipinski definition) is 2. The van der Waals surface area contributed by atoms with Crippen molar-refractivity contribution < 1.29 is 14.3 Å². The number of imidazole rings is 1. The Kier molecular flexibility index (Phi) is 6.68. The normalized spacial score (nSPS) is 14.8. The fourth-order valence-corrected chi connectivity index (χ4v) is 3.59. The topological polar surface area (TPSA) is 92.4 Å². The summed E-state index contributed by atoms with van der Waals surface area (Å²) >= 11 is 0. The number of carbonyl (C=O) groups is 1.